The first-order chi connectivity index (χ1) is 10.6. The van der Waals surface area contributed by atoms with Crippen molar-refractivity contribution in [1.29, 1.82) is 0 Å². The minimum atomic E-state index is -1.05. The van der Waals surface area contributed by atoms with Gasteiger partial charge in [0.1, 0.15) is 12.7 Å². The molecule has 3 rings (SSSR count). The van der Waals surface area contributed by atoms with Crippen LogP contribution in [-0.2, 0) is 0 Å². The second-order valence-electron chi connectivity index (χ2n) is 5.56. The Morgan fingerprint density at radius 3 is 2.45 bits per heavy atom. The van der Waals surface area contributed by atoms with Gasteiger partial charge in [0.25, 0.3) is 5.91 Å². The molecule has 1 aromatic carbocycles. The van der Waals surface area contributed by atoms with Gasteiger partial charge in [0.2, 0.25) is 0 Å². The topological polar surface area (TPSA) is 91.5 Å². The Bertz CT molecular complexity index is 631. The van der Waals surface area contributed by atoms with Gasteiger partial charge in [-0.1, -0.05) is 0 Å². The summed E-state index contributed by atoms with van der Waals surface area (Å²) in [6.45, 7) is 0.628. The van der Waals surface area contributed by atoms with E-state index in [-0.39, 0.29) is 12.5 Å². The van der Waals surface area contributed by atoms with Crippen LogP contribution < -0.4 is 0 Å². The van der Waals surface area contributed by atoms with E-state index < -0.39 is 5.60 Å². The first-order valence-electron chi connectivity index (χ1n) is 7.19. The highest BCUT2D eigenvalue weighted by molar-refractivity contribution is 5.94. The van der Waals surface area contributed by atoms with E-state index in [9.17, 15) is 9.90 Å². The Morgan fingerprint density at radius 2 is 1.91 bits per heavy atom. The van der Waals surface area contributed by atoms with E-state index in [4.69, 9.17) is 5.11 Å². The van der Waals surface area contributed by atoms with Gasteiger partial charge in [-0.3, -0.25) is 4.79 Å². The number of nitrogens with zero attached hydrogens (tertiary/aromatic N) is 4. The van der Waals surface area contributed by atoms with E-state index >= 15 is 0 Å². The fraction of sp³-hybridized carbons (Fsp3) is 0.400. The quantitative estimate of drug-likeness (QED) is 0.846. The predicted molar refractivity (Wildman–Crippen MR) is 78.5 cm³/mol. The summed E-state index contributed by atoms with van der Waals surface area (Å²) in [4.78, 5) is 18.0. The lowest BCUT2D eigenvalue weighted by Crippen LogP contribution is -2.48. The molecule has 0 bridgehead atoms. The number of rotatable bonds is 3. The summed E-state index contributed by atoms with van der Waals surface area (Å²) in [7, 11) is 0. The summed E-state index contributed by atoms with van der Waals surface area (Å²) in [5.74, 6) is -0.0647. The molecule has 1 aliphatic heterocycles. The molecule has 0 unspecified atom stereocenters. The first kappa shape index (κ1) is 14.7. The van der Waals surface area contributed by atoms with Crippen LogP contribution >= 0.6 is 0 Å². The van der Waals surface area contributed by atoms with Gasteiger partial charge in [-0.05, 0) is 37.1 Å². The summed E-state index contributed by atoms with van der Waals surface area (Å²) < 4.78 is 1.62. The molecule has 2 N–H and O–H groups in total. The third kappa shape index (κ3) is 2.86. The van der Waals surface area contributed by atoms with Crippen molar-refractivity contribution in [3.8, 4) is 5.69 Å². The molecule has 2 aromatic rings. The van der Waals surface area contributed by atoms with Gasteiger partial charge in [-0.25, -0.2) is 9.67 Å². The number of carbonyl (C=O) groups excluding carboxylic acids is 1. The van der Waals surface area contributed by atoms with Crippen LogP contribution in [0.2, 0.25) is 0 Å². The van der Waals surface area contributed by atoms with Crippen LogP contribution in [0.4, 0.5) is 0 Å². The zero-order chi connectivity index (χ0) is 15.6. The number of hydrogen-bond acceptors (Lipinski definition) is 5. The zero-order valence-electron chi connectivity index (χ0n) is 12.1. The van der Waals surface area contributed by atoms with Crippen molar-refractivity contribution in [3.05, 3.63) is 42.5 Å². The normalized spacial score (nSPS) is 17.5. The van der Waals surface area contributed by atoms with Crippen LogP contribution in [0.3, 0.4) is 0 Å². The lowest BCUT2D eigenvalue weighted by Gasteiger charge is -2.37. The molecule has 0 atom stereocenters. The lowest BCUT2D eigenvalue weighted by atomic mass is 9.92. The van der Waals surface area contributed by atoms with Gasteiger partial charge >= 0.3 is 0 Å². The van der Waals surface area contributed by atoms with Crippen LogP contribution in [0.5, 0.6) is 0 Å². The molecule has 1 saturated heterocycles. The highest BCUT2D eigenvalue weighted by Gasteiger charge is 2.33. The molecule has 0 spiro atoms. The van der Waals surface area contributed by atoms with E-state index in [0.29, 0.717) is 31.5 Å². The average molecular weight is 302 g/mol. The molecule has 1 amide bonds. The van der Waals surface area contributed by atoms with E-state index in [1.807, 2.05) is 12.1 Å². The Kier molecular flexibility index (Phi) is 3.91. The molecular weight excluding hydrogens is 284 g/mol. The zero-order valence-corrected chi connectivity index (χ0v) is 12.1. The van der Waals surface area contributed by atoms with Gasteiger partial charge in [0, 0.05) is 18.7 Å². The second-order valence-corrected chi connectivity index (χ2v) is 5.56. The number of piperidine rings is 1. The van der Waals surface area contributed by atoms with Crippen LogP contribution in [-0.4, -0.2) is 61.1 Å². The molecule has 1 aliphatic rings. The molecule has 0 radical (unpaired) electrons. The minimum absolute atomic E-state index is 0.0647. The maximum atomic E-state index is 12.4. The molecule has 22 heavy (non-hydrogen) atoms. The van der Waals surface area contributed by atoms with Gasteiger partial charge in [0.05, 0.1) is 17.9 Å². The third-order valence-corrected chi connectivity index (χ3v) is 4.07. The molecule has 0 saturated carbocycles. The van der Waals surface area contributed by atoms with E-state index in [2.05, 4.69) is 10.1 Å². The predicted octanol–water partition coefficient (Wildman–Crippen LogP) is 0.227. The summed E-state index contributed by atoms with van der Waals surface area (Å²) in [5.41, 5.74) is 0.383. The third-order valence-electron chi connectivity index (χ3n) is 4.07. The lowest BCUT2D eigenvalue weighted by molar-refractivity contribution is -0.0546. The standard InChI is InChI=1S/C15H18N4O3/c20-9-15(22)5-7-18(8-6-15)14(21)12-1-3-13(4-2-12)19-11-16-10-17-19/h1-4,10-11,20,22H,5-9H2. The monoisotopic (exact) mass is 302 g/mol. The maximum absolute atomic E-state index is 12.4. The molecule has 0 aliphatic carbocycles. The number of aromatic nitrogens is 3. The van der Waals surface area contributed by atoms with Crippen LogP contribution in [0.15, 0.2) is 36.9 Å². The summed E-state index contributed by atoms with van der Waals surface area (Å²) in [5, 5.41) is 23.2. The Labute approximate surface area is 127 Å². The number of benzene rings is 1. The van der Waals surface area contributed by atoms with Crippen molar-refractivity contribution in [2.24, 2.45) is 0 Å². The number of hydrogen-bond donors (Lipinski definition) is 2. The van der Waals surface area contributed by atoms with Crippen LogP contribution in [0.1, 0.15) is 23.2 Å². The molecule has 1 fully saturated rings. The van der Waals surface area contributed by atoms with Gasteiger partial charge in [-0.2, -0.15) is 5.10 Å². The molecule has 2 heterocycles. The Balaban J connectivity index is 1.68. The average Bonchev–Trinajstić information content (AvgIpc) is 3.10. The number of aliphatic hydroxyl groups is 2. The van der Waals surface area contributed by atoms with Crippen molar-refractivity contribution in [2.75, 3.05) is 19.7 Å². The smallest absolute Gasteiger partial charge is 0.253 e. The van der Waals surface area contributed by atoms with Crippen molar-refractivity contribution >= 4 is 5.91 Å². The van der Waals surface area contributed by atoms with Crippen LogP contribution in [0, 0.1) is 0 Å². The number of aliphatic hydroxyl groups excluding tert-OH is 1. The van der Waals surface area contributed by atoms with Crippen molar-refractivity contribution in [2.45, 2.75) is 18.4 Å². The van der Waals surface area contributed by atoms with Gasteiger partial charge in [-0.15, -0.1) is 0 Å². The number of likely N-dealkylation sites (tertiary alicyclic amines) is 1. The Morgan fingerprint density at radius 1 is 1.23 bits per heavy atom. The van der Waals surface area contributed by atoms with Crippen molar-refractivity contribution in [3.63, 3.8) is 0 Å². The van der Waals surface area contributed by atoms with Crippen molar-refractivity contribution < 1.29 is 15.0 Å². The molecule has 7 nitrogen and oxygen atoms in total. The largest absolute Gasteiger partial charge is 0.393 e. The fourth-order valence-corrected chi connectivity index (χ4v) is 2.57. The summed E-state index contributed by atoms with van der Waals surface area (Å²) >= 11 is 0. The molecule has 116 valence electrons. The molecule has 1 aromatic heterocycles. The molecule has 7 heteroatoms. The second kappa shape index (κ2) is 5.86. The van der Waals surface area contributed by atoms with E-state index in [0.717, 1.165) is 5.69 Å². The summed E-state index contributed by atoms with van der Waals surface area (Å²) in [6.07, 6.45) is 3.84. The minimum Gasteiger partial charge on any atom is -0.393 e. The first-order valence-corrected chi connectivity index (χ1v) is 7.19. The number of carbonyl (C=O) groups is 1. The van der Waals surface area contributed by atoms with Gasteiger partial charge in [0.15, 0.2) is 0 Å². The Hall–Kier alpha value is -2.25. The highest BCUT2D eigenvalue weighted by Crippen LogP contribution is 2.23. The van der Waals surface area contributed by atoms with E-state index in [1.54, 1.807) is 28.0 Å². The van der Waals surface area contributed by atoms with Crippen LogP contribution in [0.25, 0.3) is 5.69 Å². The SMILES string of the molecule is O=C(c1ccc(-n2cncn2)cc1)N1CCC(O)(CO)CC1. The molecular formula is C15H18N4O3. The highest BCUT2D eigenvalue weighted by atomic mass is 16.3. The van der Waals surface area contributed by atoms with Gasteiger partial charge < -0.3 is 15.1 Å². The maximum Gasteiger partial charge on any atom is 0.253 e. The number of amides is 1. The van der Waals surface area contributed by atoms with Crippen molar-refractivity contribution in [1.82, 2.24) is 19.7 Å². The summed E-state index contributed by atoms with van der Waals surface area (Å²) in [6, 6.07) is 7.14. The van der Waals surface area contributed by atoms with E-state index in [1.165, 1.54) is 6.33 Å². The fourth-order valence-electron chi connectivity index (χ4n) is 2.57.